The summed E-state index contributed by atoms with van der Waals surface area (Å²) in [6, 6.07) is 5.15. The van der Waals surface area contributed by atoms with Gasteiger partial charge >= 0.3 is 11.9 Å². The molecule has 134 valence electrons. The SMILES string of the molecule is CCOC(=O)c1cnc2c(OC)cccc2c1NCC(C)(O)C(=O)O. The first-order valence-corrected chi connectivity index (χ1v) is 7.64. The van der Waals surface area contributed by atoms with Crippen molar-refractivity contribution < 1.29 is 29.3 Å². The number of carboxylic acid groups (broad SMARTS) is 1. The van der Waals surface area contributed by atoms with Gasteiger partial charge in [0.25, 0.3) is 0 Å². The molecular formula is C17H20N2O6. The van der Waals surface area contributed by atoms with Crippen LogP contribution in [0.25, 0.3) is 10.9 Å². The number of methoxy groups -OCH3 is 1. The van der Waals surface area contributed by atoms with Crippen molar-refractivity contribution in [2.45, 2.75) is 19.4 Å². The Morgan fingerprint density at radius 2 is 2.08 bits per heavy atom. The van der Waals surface area contributed by atoms with E-state index < -0.39 is 17.5 Å². The summed E-state index contributed by atoms with van der Waals surface area (Å²) in [7, 11) is 1.50. The van der Waals surface area contributed by atoms with Crippen LogP contribution >= 0.6 is 0 Å². The molecule has 0 aliphatic heterocycles. The molecule has 0 aliphatic rings. The number of ether oxygens (including phenoxy) is 2. The summed E-state index contributed by atoms with van der Waals surface area (Å²) in [5.41, 5.74) is -1.05. The summed E-state index contributed by atoms with van der Waals surface area (Å²) in [5, 5.41) is 22.4. The molecule has 0 saturated heterocycles. The third-order valence-corrected chi connectivity index (χ3v) is 3.65. The Morgan fingerprint density at radius 3 is 2.68 bits per heavy atom. The first-order chi connectivity index (χ1) is 11.8. The number of aliphatic hydroxyl groups is 1. The van der Waals surface area contributed by atoms with Gasteiger partial charge in [-0.2, -0.15) is 0 Å². The second-order valence-electron chi connectivity index (χ2n) is 5.56. The summed E-state index contributed by atoms with van der Waals surface area (Å²) >= 11 is 0. The standard InChI is InChI=1S/C17H20N2O6/c1-4-25-15(20)11-8-18-14-10(6-5-7-12(14)24-3)13(11)19-9-17(2,23)16(21)22/h5-8,23H,4,9H2,1-3H3,(H,18,19)(H,21,22). The number of anilines is 1. The zero-order valence-electron chi connectivity index (χ0n) is 14.2. The highest BCUT2D eigenvalue weighted by Crippen LogP contribution is 2.32. The van der Waals surface area contributed by atoms with Crippen LogP contribution in [0.2, 0.25) is 0 Å². The highest BCUT2D eigenvalue weighted by atomic mass is 16.5. The molecule has 1 heterocycles. The van der Waals surface area contributed by atoms with Crippen LogP contribution in [0.3, 0.4) is 0 Å². The van der Waals surface area contributed by atoms with Crippen molar-refractivity contribution in [1.29, 1.82) is 0 Å². The molecule has 2 rings (SSSR count). The molecule has 8 nitrogen and oxygen atoms in total. The van der Waals surface area contributed by atoms with E-state index in [4.69, 9.17) is 14.6 Å². The fraction of sp³-hybridized carbons (Fsp3) is 0.353. The van der Waals surface area contributed by atoms with Crippen LogP contribution in [-0.2, 0) is 9.53 Å². The number of nitrogens with zero attached hydrogens (tertiary/aromatic N) is 1. The molecule has 1 aromatic carbocycles. The van der Waals surface area contributed by atoms with Gasteiger partial charge in [-0.05, 0) is 19.9 Å². The molecule has 25 heavy (non-hydrogen) atoms. The molecule has 0 amide bonds. The average Bonchev–Trinajstić information content (AvgIpc) is 2.58. The van der Waals surface area contributed by atoms with E-state index in [0.29, 0.717) is 22.3 Å². The van der Waals surface area contributed by atoms with E-state index in [9.17, 15) is 14.7 Å². The van der Waals surface area contributed by atoms with Gasteiger partial charge in [-0.1, -0.05) is 12.1 Å². The highest BCUT2D eigenvalue weighted by Gasteiger charge is 2.30. The Kier molecular flexibility index (Phi) is 5.43. The van der Waals surface area contributed by atoms with Gasteiger partial charge < -0.3 is 25.0 Å². The van der Waals surface area contributed by atoms with E-state index in [-0.39, 0.29) is 18.7 Å². The number of carboxylic acids is 1. The summed E-state index contributed by atoms with van der Waals surface area (Å²) in [6.45, 7) is 2.71. The maximum atomic E-state index is 12.2. The molecule has 1 unspecified atom stereocenters. The van der Waals surface area contributed by atoms with Gasteiger partial charge in [0.05, 0.1) is 25.9 Å². The molecule has 0 aliphatic carbocycles. The minimum Gasteiger partial charge on any atom is -0.494 e. The van der Waals surface area contributed by atoms with Crippen molar-refractivity contribution in [3.8, 4) is 5.75 Å². The van der Waals surface area contributed by atoms with E-state index in [1.54, 1.807) is 25.1 Å². The number of pyridine rings is 1. The Bertz CT molecular complexity index is 803. The van der Waals surface area contributed by atoms with E-state index in [1.165, 1.54) is 13.3 Å². The largest absolute Gasteiger partial charge is 0.494 e. The van der Waals surface area contributed by atoms with Crippen LogP contribution in [0, 0.1) is 0 Å². The first-order valence-electron chi connectivity index (χ1n) is 7.64. The third-order valence-electron chi connectivity index (χ3n) is 3.65. The van der Waals surface area contributed by atoms with Gasteiger partial charge in [0.2, 0.25) is 0 Å². The number of aromatic nitrogens is 1. The maximum Gasteiger partial charge on any atom is 0.341 e. The second kappa shape index (κ2) is 7.35. The number of carbonyl (C=O) groups is 2. The number of carbonyl (C=O) groups excluding carboxylic acids is 1. The van der Waals surface area contributed by atoms with Gasteiger partial charge in [-0.3, -0.25) is 4.98 Å². The number of nitrogens with one attached hydrogen (secondary N) is 1. The number of benzene rings is 1. The van der Waals surface area contributed by atoms with Crippen molar-refractivity contribution in [3.63, 3.8) is 0 Å². The molecule has 0 bridgehead atoms. The molecule has 3 N–H and O–H groups in total. The van der Waals surface area contributed by atoms with Gasteiger partial charge in [0, 0.05) is 11.6 Å². The van der Waals surface area contributed by atoms with Crippen LogP contribution in [0.4, 0.5) is 5.69 Å². The quantitative estimate of drug-likeness (QED) is 0.647. The highest BCUT2D eigenvalue weighted by molar-refractivity contribution is 6.06. The topological polar surface area (TPSA) is 118 Å². The molecular weight excluding hydrogens is 328 g/mol. The van der Waals surface area contributed by atoms with E-state index in [2.05, 4.69) is 10.3 Å². The lowest BCUT2D eigenvalue weighted by molar-refractivity contribution is -0.155. The minimum atomic E-state index is -2.01. The number of rotatable bonds is 7. The number of esters is 1. The van der Waals surface area contributed by atoms with Gasteiger partial charge in [0.1, 0.15) is 16.8 Å². The van der Waals surface area contributed by atoms with Crippen molar-refractivity contribution in [1.82, 2.24) is 4.98 Å². The summed E-state index contributed by atoms with van der Waals surface area (Å²) in [5.74, 6) is -1.48. The number of para-hydroxylation sites is 1. The fourth-order valence-electron chi connectivity index (χ4n) is 2.25. The van der Waals surface area contributed by atoms with Crippen molar-refractivity contribution in [2.75, 3.05) is 25.6 Å². The third kappa shape index (κ3) is 3.80. The Morgan fingerprint density at radius 1 is 1.36 bits per heavy atom. The number of aliphatic carboxylic acids is 1. The lowest BCUT2D eigenvalue weighted by atomic mass is 10.1. The Labute approximate surface area is 144 Å². The molecule has 2 aromatic rings. The molecule has 1 aromatic heterocycles. The maximum absolute atomic E-state index is 12.2. The van der Waals surface area contributed by atoms with E-state index >= 15 is 0 Å². The number of fused-ring (bicyclic) bond motifs is 1. The zero-order valence-corrected chi connectivity index (χ0v) is 14.2. The van der Waals surface area contributed by atoms with Gasteiger partial charge in [-0.15, -0.1) is 0 Å². The van der Waals surface area contributed by atoms with Gasteiger partial charge in [0.15, 0.2) is 5.60 Å². The lowest BCUT2D eigenvalue weighted by Gasteiger charge is -2.21. The second-order valence-corrected chi connectivity index (χ2v) is 5.56. The molecule has 1 atom stereocenters. The predicted molar refractivity (Wildman–Crippen MR) is 91.0 cm³/mol. The number of hydrogen-bond donors (Lipinski definition) is 3. The molecule has 0 fully saturated rings. The normalized spacial score (nSPS) is 13.1. The van der Waals surface area contributed by atoms with Crippen LogP contribution in [0.5, 0.6) is 5.75 Å². The summed E-state index contributed by atoms with van der Waals surface area (Å²) in [4.78, 5) is 27.6. The molecule has 8 heteroatoms. The van der Waals surface area contributed by atoms with Crippen LogP contribution in [0.1, 0.15) is 24.2 Å². The van der Waals surface area contributed by atoms with E-state index in [1.807, 2.05) is 0 Å². The Balaban J connectivity index is 2.56. The minimum absolute atomic E-state index is 0.142. The number of hydrogen-bond acceptors (Lipinski definition) is 7. The average molecular weight is 348 g/mol. The van der Waals surface area contributed by atoms with Crippen LogP contribution in [-0.4, -0.2) is 53.0 Å². The van der Waals surface area contributed by atoms with Crippen LogP contribution < -0.4 is 10.1 Å². The lowest BCUT2D eigenvalue weighted by Crippen LogP contribution is -2.42. The van der Waals surface area contributed by atoms with Crippen molar-refractivity contribution in [3.05, 3.63) is 30.0 Å². The monoisotopic (exact) mass is 348 g/mol. The summed E-state index contributed by atoms with van der Waals surface area (Å²) in [6.07, 6.45) is 1.33. The zero-order chi connectivity index (χ0) is 18.6. The molecule has 0 spiro atoms. The van der Waals surface area contributed by atoms with Crippen LogP contribution in [0.15, 0.2) is 24.4 Å². The molecule has 0 saturated carbocycles. The first kappa shape index (κ1) is 18.5. The summed E-state index contributed by atoms with van der Waals surface area (Å²) < 4.78 is 10.3. The molecule has 0 radical (unpaired) electrons. The van der Waals surface area contributed by atoms with Crippen molar-refractivity contribution in [2.24, 2.45) is 0 Å². The van der Waals surface area contributed by atoms with Gasteiger partial charge in [-0.25, -0.2) is 9.59 Å². The smallest absolute Gasteiger partial charge is 0.341 e. The Hall–Kier alpha value is -2.87. The fourth-order valence-corrected chi connectivity index (χ4v) is 2.25. The predicted octanol–water partition coefficient (Wildman–Crippen LogP) is 1.67. The van der Waals surface area contributed by atoms with Crippen molar-refractivity contribution >= 4 is 28.5 Å². The van der Waals surface area contributed by atoms with E-state index in [0.717, 1.165) is 6.92 Å².